The van der Waals surface area contributed by atoms with Crippen LogP contribution in [-0.2, 0) is 15.7 Å². The molecule has 126 valence electrons. The summed E-state index contributed by atoms with van der Waals surface area (Å²) in [4.78, 5) is 7.37. The lowest BCUT2D eigenvalue weighted by atomic mass is 10.2. The zero-order valence-electron chi connectivity index (χ0n) is 13.6. The van der Waals surface area contributed by atoms with E-state index >= 15 is 0 Å². The number of methoxy groups -OCH3 is 1. The molecule has 0 saturated heterocycles. The van der Waals surface area contributed by atoms with E-state index in [0.29, 0.717) is 24.0 Å². The van der Waals surface area contributed by atoms with Gasteiger partial charge in [0.25, 0.3) is 0 Å². The number of hydrogen-bond donors (Lipinski definition) is 1. The number of aromatic amines is 1. The average Bonchev–Trinajstić information content (AvgIpc) is 3.09. The normalized spacial score (nSPS) is 12.2. The number of aromatic nitrogens is 2. The number of fused-ring (bicyclic) bond motifs is 1. The second-order valence-corrected chi connectivity index (χ2v) is 6.60. The molecule has 0 aliphatic heterocycles. The van der Waals surface area contributed by atoms with Crippen LogP contribution < -0.4 is 9.04 Å². The van der Waals surface area contributed by atoms with Gasteiger partial charge in [-0.05, 0) is 24.3 Å². The van der Waals surface area contributed by atoms with Crippen LogP contribution in [0.5, 0.6) is 5.75 Å². The molecule has 1 atom stereocenters. The van der Waals surface area contributed by atoms with E-state index in [-0.39, 0.29) is 0 Å². The summed E-state index contributed by atoms with van der Waals surface area (Å²) in [5.74, 6) is 0.707. The maximum Gasteiger partial charge on any atom is 0.171 e. The highest BCUT2D eigenvalue weighted by molar-refractivity contribution is 7.86. The molecule has 0 saturated carbocycles. The fraction of sp³-hybridized carbons (Fsp3) is 0.235. The van der Waals surface area contributed by atoms with Gasteiger partial charge in [0.15, 0.2) is 11.0 Å². The van der Waals surface area contributed by atoms with Crippen LogP contribution >= 0.6 is 0 Å². The van der Waals surface area contributed by atoms with Crippen molar-refractivity contribution in [1.29, 1.82) is 0 Å². The van der Waals surface area contributed by atoms with Crippen molar-refractivity contribution in [3.63, 3.8) is 0 Å². The molecule has 1 unspecified atom stereocenters. The van der Waals surface area contributed by atoms with Crippen molar-refractivity contribution in [2.24, 2.45) is 0 Å². The monoisotopic (exact) mass is 345 g/mol. The molecule has 0 aliphatic carbocycles. The number of nitrogens with zero attached hydrogens (tertiary/aromatic N) is 2. The molecule has 3 rings (SSSR count). The maximum atomic E-state index is 12.8. The van der Waals surface area contributed by atoms with E-state index < -0.39 is 11.0 Å². The Morgan fingerprint density at radius 1 is 1.25 bits per heavy atom. The molecule has 0 aliphatic rings. The lowest BCUT2D eigenvalue weighted by molar-refractivity contribution is 0.146. The third-order valence-electron chi connectivity index (χ3n) is 3.57. The quantitative estimate of drug-likeness (QED) is 0.669. The van der Waals surface area contributed by atoms with Crippen LogP contribution in [0.1, 0.15) is 0 Å². The molecule has 6 nitrogen and oxygen atoms in total. The number of nitrogens with one attached hydrogen (secondary N) is 1. The molecule has 1 N–H and O–H groups in total. The summed E-state index contributed by atoms with van der Waals surface area (Å²) < 4.78 is 25.2. The van der Waals surface area contributed by atoms with Crippen molar-refractivity contribution >= 4 is 27.6 Å². The highest BCUT2D eigenvalue weighted by Gasteiger charge is 2.17. The Morgan fingerprint density at radius 2 is 2.12 bits per heavy atom. The Bertz CT molecular complexity index is 835. The van der Waals surface area contributed by atoms with Gasteiger partial charge in [0.05, 0.1) is 17.8 Å². The van der Waals surface area contributed by atoms with Crippen LogP contribution in [0.25, 0.3) is 10.9 Å². The predicted molar refractivity (Wildman–Crippen MR) is 94.7 cm³/mol. The summed E-state index contributed by atoms with van der Waals surface area (Å²) in [5, 5.41) is 1.50. The number of anilines is 1. The SMILES string of the molecule is COCCOc1cc(N(C)S(=O)c2ccccn2)c2[nH]ccc2c1. The molecule has 0 radical (unpaired) electrons. The third-order valence-corrected chi connectivity index (χ3v) is 4.87. The molecule has 2 heterocycles. The van der Waals surface area contributed by atoms with Gasteiger partial charge in [-0.15, -0.1) is 0 Å². The Morgan fingerprint density at radius 3 is 2.88 bits per heavy atom. The molecule has 3 aromatic rings. The minimum absolute atomic E-state index is 0.457. The van der Waals surface area contributed by atoms with Crippen LogP contribution in [0.4, 0.5) is 5.69 Å². The van der Waals surface area contributed by atoms with Crippen molar-refractivity contribution in [3.05, 3.63) is 48.8 Å². The zero-order valence-corrected chi connectivity index (χ0v) is 14.4. The molecular weight excluding hydrogens is 326 g/mol. The molecular formula is C17H19N3O3S. The maximum absolute atomic E-state index is 12.8. The minimum Gasteiger partial charge on any atom is -0.491 e. The van der Waals surface area contributed by atoms with Crippen LogP contribution in [0, 0.1) is 0 Å². The summed E-state index contributed by atoms with van der Waals surface area (Å²) in [6, 6.07) is 11.1. The van der Waals surface area contributed by atoms with Gasteiger partial charge in [-0.1, -0.05) is 6.07 Å². The van der Waals surface area contributed by atoms with Gasteiger partial charge < -0.3 is 14.5 Å². The van der Waals surface area contributed by atoms with Gasteiger partial charge in [0.2, 0.25) is 0 Å². The van der Waals surface area contributed by atoms with Gasteiger partial charge >= 0.3 is 0 Å². The third kappa shape index (κ3) is 3.42. The Balaban J connectivity index is 1.94. The zero-order chi connectivity index (χ0) is 16.9. The Labute approximate surface area is 143 Å². The summed E-state index contributed by atoms with van der Waals surface area (Å²) in [7, 11) is 2.00. The molecule has 0 spiro atoms. The van der Waals surface area contributed by atoms with Gasteiger partial charge in [-0.25, -0.2) is 9.19 Å². The van der Waals surface area contributed by atoms with Gasteiger partial charge in [-0.3, -0.25) is 4.31 Å². The first-order chi connectivity index (χ1) is 11.7. The average molecular weight is 345 g/mol. The lowest BCUT2D eigenvalue weighted by Crippen LogP contribution is -2.21. The summed E-state index contributed by atoms with van der Waals surface area (Å²) >= 11 is 0. The van der Waals surface area contributed by atoms with E-state index in [4.69, 9.17) is 9.47 Å². The summed E-state index contributed by atoms with van der Waals surface area (Å²) in [6.45, 7) is 0.967. The number of H-pyrrole nitrogens is 1. The van der Waals surface area contributed by atoms with E-state index in [1.54, 1.807) is 36.8 Å². The summed E-state index contributed by atoms with van der Waals surface area (Å²) in [6.07, 6.45) is 3.49. The molecule has 24 heavy (non-hydrogen) atoms. The second kappa shape index (κ2) is 7.46. The van der Waals surface area contributed by atoms with E-state index in [2.05, 4.69) is 9.97 Å². The number of benzene rings is 1. The van der Waals surface area contributed by atoms with Gasteiger partial charge in [-0.2, -0.15) is 0 Å². The fourth-order valence-corrected chi connectivity index (χ4v) is 3.33. The molecule has 0 fully saturated rings. The highest BCUT2D eigenvalue weighted by atomic mass is 32.2. The highest BCUT2D eigenvalue weighted by Crippen LogP contribution is 2.32. The second-order valence-electron chi connectivity index (χ2n) is 5.14. The fourth-order valence-electron chi connectivity index (χ4n) is 2.38. The predicted octanol–water partition coefficient (Wildman–Crippen LogP) is 2.75. The van der Waals surface area contributed by atoms with Crippen molar-refractivity contribution in [2.45, 2.75) is 5.03 Å². The summed E-state index contributed by atoms with van der Waals surface area (Å²) in [5.41, 5.74) is 1.69. The molecule has 1 aromatic carbocycles. The van der Waals surface area contributed by atoms with Gasteiger partial charge in [0.1, 0.15) is 17.4 Å². The van der Waals surface area contributed by atoms with Crippen molar-refractivity contribution in [2.75, 3.05) is 31.7 Å². The van der Waals surface area contributed by atoms with Crippen molar-refractivity contribution < 1.29 is 13.7 Å². The number of hydrogen-bond acceptors (Lipinski definition) is 4. The number of rotatable bonds is 7. The van der Waals surface area contributed by atoms with Crippen LogP contribution in [0.2, 0.25) is 0 Å². The van der Waals surface area contributed by atoms with Gasteiger partial charge in [0, 0.05) is 38.0 Å². The Kier molecular flexibility index (Phi) is 5.12. The van der Waals surface area contributed by atoms with Crippen LogP contribution in [-0.4, -0.2) is 41.5 Å². The van der Waals surface area contributed by atoms with E-state index in [1.165, 1.54) is 0 Å². The first-order valence-electron chi connectivity index (χ1n) is 7.50. The van der Waals surface area contributed by atoms with Crippen molar-refractivity contribution in [1.82, 2.24) is 9.97 Å². The Hall–Kier alpha value is -2.38. The minimum atomic E-state index is -1.41. The standard InChI is InChI=1S/C17H19N3O3S/c1-20(24(21)16-5-3-4-7-18-16)15-12-14(23-10-9-22-2)11-13-6-8-19-17(13)15/h3-8,11-12,19H,9-10H2,1-2H3. The van der Waals surface area contributed by atoms with Crippen LogP contribution in [0.15, 0.2) is 53.8 Å². The lowest BCUT2D eigenvalue weighted by Gasteiger charge is -2.19. The van der Waals surface area contributed by atoms with E-state index in [1.807, 2.05) is 30.5 Å². The number of ether oxygens (including phenoxy) is 2. The molecule has 0 amide bonds. The first-order valence-corrected chi connectivity index (χ1v) is 8.61. The number of pyridine rings is 1. The molecule has 7 heteroatoms. The molecule has 0 bridgehead atoms. The van der Waals surface area contributed by atoms with E-state index in [9.17, 15) is 4.21 Å². The van der Waals surface area contributed by atoms with E-state index in [0.717, 1.165) is 16.6 Å². The topological polar surface area (TPSA) is 67.5 Å². The first kappa shape index (κ1) is 16.5. The van der Waals surface area contributed by atoms with Crippen molar-refractivity contribution in [3.8, 4) is 5.75 Å². The molecule has 2 aromatic heterocycles. The largest absolute Gasteiger partial charge is 0.491 e. The smallest absolute Gasteiger partial charge is 0.171 e. The van der Waals surface area contributed by atoms with Crippen LogP contribution in [0.3, 0.4) is 0 Å².